The highest BCUT2D eigenvalue weighted by Gasteiger charge is 2.31. The summed E-state index contributed by atoms with van der Waals surface area (Å²) in [5.41, 5.74) is 2.19. The summed E-state index contributed by atoms with van der Waals surface area (Å²) in [7, 11) is -3.60. The third-order valence-electron chi connectivity index (χ3n) is 6.34. The molecular formula is C25H30ClN3O4S2. The summed E-state index contributed by atoms with van der Waals surface area (Å²) in [4.78, 5) is 18.2. The first-order chi connectivity index (χ1) is 16.7. The van der Waals surface area contributed by atoms with Crippen molar-refractivity contribution >= 4 is 49.1 Å². The van der Waals surface area contributed by atoms with Crippen LogP contribution >= 0.6 is 22.9 Å². The van der Waals surface area contributed by atoms with E-state index in [1.807, 2.05) is 37.5 Å². The summed E-state index contributed by atoms with van der Waals surface area (Å²) < 4.78 is 36.2. The van der Waals surface area contributed by atoms with E-state index in [9.17, 15) is 13.2 Å². The number of carbonyl (C=O) groups excluding carboxylic acids is 1. The molecule has 2 heterocycles. The summed E-state index contributed by atoms with van der Waals surface area (Å²) in [5, 5.41) is 0.651. The number of benzene rings is 2. The van der Waals surface area contributed by atoms with Crippen molar-refractivity contribution in [2.24, 2.45) is 4.99 Å². The van der Waals surface area contributed by atoms with Gasteiger partial charge in [0.05, 0.1) is 21.7 Å². The van der Waals surface area contributed by atoms with Gasteiger partial charge in [-0.15, -0.1) is 0 Å². The Labute approximate surface area is 215 Å². The highest BCUT2D eigenvalue weighted by atomic mass is 35.5. The van der Waals surface area contributed by atoms with Gasteiger partial charge >= 0.3 is 0 Å². The van der Waals surface area contributed by atoms with Crippen LogP contribution in [0.15, 0.2) is 46.3 Å². The predicted octanol–water partition coefficient (Wildman–Crippen LogP) is 5.01. The van der Waals surface area contributed by atoms with Crippen molar-refractivity contribution in [2.75, 3.05) is 19.8 Å². The van der Waals surface area contributed by atoms with E-state index in [-0.39, 0.29) is 10.9 Å². The molecule has 0 saturated carbocycles. The number of hydrogen-bond donors (Lipinski definition) is 0. The lowest BCUT2D eigenvalue weighted by Crippen LogP contribution is -2.41. The van der Waals surface area contributed by atoms with Crippen LogP contribution in [0.3, 0.4) is 0 Å². The first-order valence-corrected chi connectivity index (χ1v) is 14.4. The van der Waals surface area contributed by atoms with Gasteiger partial charge in [-0.25, -0.2) is 8.42 Å². The zero-order chi connectivity index (χ0) is 25.2. The second-order valence-electron chi connectivity index (χ2n) is 8.65. The Morgan fingerprint density at radius 3 is 2.63 bits per heavy atom. The van der Waals surface area contributed by atoms with E-state index < -0.39 is 15.9 Å². The largest absolute Gasteiger partial charge is 0.380 e. The van der Waals surface area contributed by atoms with Gasteiger partial charge in [0.25, 0.3) is 5.91 Å². The Hall–Kier alpha value is -2.04. The van der Waals surface area contributed by atoms with Crippen LogP contribution in [0.4, 0.5) is 0 Å². The molecule has 1 aromatic heterocycles. The van der Waals surface area contributed by atoms with E-state index in [1.54, 1.807) is 4.31 Å². The Morgan fingerprint density at radius 2 is 1.94 bits per heavy atom. The summed E-state index contributed by atoms with van der Waals surface area (Å²) in [6.07, 6.45) is 2.76. The van der Waals surface area contributed by atoms with E-state index in [0.717, 1.165) is 35.0 Å². The molecule has 0 spiro atoms. The van der Waals surface area contributed by atoms with Gasteiger partial charge in [-0.2, -0.15) is 9.30 Å². The van der Waals surface area contributed by atoms with E-state index in [1.165, 1.54) is 35.6 Å². The lowest BCUT2D eigenvalue weighted by Gasteiger charge is -2.32. The number of rotatable bonds is 7. The van der Waals surface area contributed by atoms with Crippen molar-refractivity contribution in [3.63, 3.8) is 0 Å². The molecule has 1 aliphatic rings. The third kappa shape index (κ3) is 5.39. The molecule has 3 aromatic rings. The number of piperidine rings is 1. The molecule has 35 heavy (non-hydrogen) atoms. The average Bonchev–Trinajstić information content (AvgIpc) is 3.19. The van der Waals surface area contributed by atoms with Gasteiger partial charge in [-0.1, -0.05) is 29.4 Å². The number of ether oxygens (including phenoxy) is 1. The monoisotopic (exact) mass is 535 g/mol. The maximum Gasteiger partial charge on any atom is 0.279 e. The minimum atomic E-state index is -3.60. The Morgan fingerprint density at radius 1 is 1.20 bits per heavy atom. The molecule has 1 saturated heterocycles. The van der Waals surface area contributed by atoms with Crippen LogP contribution in [0.5, 0.6) is 0 Å². The molecule has 0 radical (unpaired) electrons. The van der Waals surface area contributed by atoms with Crippen LogP contribution < -0.4 is 4.80 Å². The summed E-state index contributed by atoms with van der Waals surface area (Å²) in [5.74, 6) is -0.430. The van der Waals surface area contributed by atoms with Crippen molar-refractivity contribution in [2.45, 2.75) is 57.5 Å². The number of amides is 1. The predicted molar refractivity (Wildman–Crippen MR) is 140 cm³/mol. The number of thiazole rings is 1. The van der Waals surface area contributed by atoms with Gasteiger partial charge in [-0.05, 0) is 75.6 Å². The normalized spacial score (nSPS) is 17.8. The smallest absolute Gasteiger partial charge is 0.279 e. The average molecular weight is 536 g/mol. The minimum absolute atomic E-state index is 0.0258. The van der Waals surface area contributed by atoms with E-state index in [2.05, 4.69) is 4.99 Å². The van der Waals surface area contributed by atoms with Crippen LogP contribution in [0, 0.1) is 6.92 Å². The zero-order valence-corrected chi connectivity index (χ0v) is 22.5. The molecule has 4 rings (SSSR count). The Bertz CT molecular complexity index is 1390. The van der Waals surface area contributed by atoms with Gasteiger partial charge in [0, 0.05) is 36.3 Å². The number of halogens is 1. The minimum Gasteiger partial charge on any atom is -0.380 e. The third-order valence-corrected chi connectivity index (χ3v) is 9.82. The number of fused-ring (bicyclic) bond motifs is 1. The number of aryl methyl sites for hydroxylation is 1. The second kappa shape index (κ2) is 10.9. The molecule has 1 atom stereocenters. The van der Waals surface area contributed by atoms with E-state index in [4.69, 9.17) is 16.3 Å². The molecule has 1 fully saturated rings. The molecule has 188 valence electrons. The second-order valence-corrected chi connectivity index (χ2v) is 12.0. The summed E-state index contributed by atoms with van der Waals surface area (Å²) >= 11 is 7.77. The van der Waals surface area contributed by atoms with Gasteiger partial charge in [0.15, 0.2) is 4.80 Å². The van der Waals surface area contributed by atoms with Crippen LogP contribution in [-0.2, 0) is 21.3 Å². The Balaban J connectivity index is 1.67. The molecule has 1 aliphatic heterocycles. The summed E-state index contributed by atoms with van der Waals surface area (Å²) in [6.45, 7) is 7.96. The fraction of sp³-hybridized carbons (Fsp3) is 0.440. The number of hydrogen-bond acceptors (Lipinski definition) is 5. The number of carbonyl (C=O) groups is 1. The molecule has 0 N–H and O–H groups in total. The standard InChI is InChI=1S/C25H30ClN3O4S2/c1-4-33-16-15-28-23-18(3)21(26)12-13-22(23)34-25(28)27-24(30)19-8-10-20(11-9-19)35(31,32)29-14-6-5-7-17(29)2/h8-13,17H,4-7,14-16H2,1-3H3. The topological polar surface area (TPSA) is 81.0 Å². The van der Waals surface area contributed by atoms with Gasteiger partial charge in [0.2, 0.25) is 10.0 Å². The number of aromatic nitrogens is 1. The molecular weight excluding hydrogens is 506 g/mol. The number of sulfonamides is 1. The van der Waals surface area contributed by atoms with Crippen LogP contribution in [0.2, 0.25) is 5.02 Å². The fourth-order valence-corrected chi connectivity index (χ4v) is 7.36. The molecule has 1 amide bonds. The lowest BCUT2D eigenvalue weighted by molar-refractivity contribution is 0.0996. The lowest BCUT2D eigenvalue weighted by atomic mass is 10.1. The van der Waals surface area contributed by atoms with E-state index in [0.29, 0.717) is 41.7 Å². The molecule has 10 heteroatoms. The summed E-state index contributed by atoms with van der Waals surface area (Å²) in [6, 6.07) is 9.81. The van der Waals surface area contributed by atoms with Gasteiger partial charge in [0.1, 0.15) is 0 Å². The maximum atomic E-state index is 13.1. The first-order valence-electron chi connectivity index (χ1n) is 11.8. The highest BCUT2D eigenvalue weighted by molar-refractivity contribution is 7.89. The number of nitrogens with zero attached hydrogens (tertiary/aromatic N) is 3. The van der Waals surface area contributed by atoms with Crippen molar-refractivity contribution < 1.29 is 17.9 Å². The molecule has 0 bridgehead atoms. The SMILES string of the molecule is CCOCCn1c(=NC(=O)c2ccc(S(=O)(=O)N3CCCCC3C)cc2)sc2ccc(Cl)c(C)c21. The molecule has 1 unspecified atom stereocenters. The zero-order valence-electron chi connectivity index (χ0n) is 20.2. The van der Waals surface area contributed by atoms with Crippen molar-refractivity contribution in [1.82, 2.24) is 8.87 Å². The maximum absolute atomic E-state index is 13.1. The molecule has 0 aliphatic carbocycles. The first kappa shape index (κ1) is 26.0. The highest BCUT2D eigenvalue weighted by Crippen LogP contribution is 2.28. The van der Waals surface area contributed by atoms with E-state index >= 15 is 0 Å². The fourth-order valence-electron chi connectivity index (χ4n) is 4.39. The van der Waals surface area contributed by atoms with Crippen molar-refractivity contribution in [3.05, 3.63) is 57.3 Å². The van der Waals surface area contributed by atoms with Gasteiger partial charge < -0.3 is 9.30 Å². The van der Waals surface area contributed by atoms with Crippen LogP contribution in [0.25, 0.3) is 10.2 Å². The quantitative estimate of drug-likeness (QED) is 0.398. The molecule has 7 nitrogen and oxygen atoms in total. The van der Waals surface area contributed by atoms with Crippen LogP contribution in [-0.4, -0.2) is 49.0 Å². The van der Waals surface area contributed by atoms with Crippen molar-refractivity contribution in [1.29, 1.82) is 0 Å². The Kier molecular flexibility index (Phi) is 8.12. The van der Waals surface area contributed by atoms with Crippen LogP contribution in [0.1, 0.15) is 49.0 Å². The molecule has 2 aromatic carbocycles. The van der Waals surface area contributed by atoms with Crippen molar-refractivity contribution in [3.8, 4) is 0 Å². The van der Waals surface area contributed by atoms with Gasteiger partial charge in [-0.3, -0.25) is 4.79 Å².